The predicted octanol–water partition coefficient (Wildman–Crippen LogP) is 1.04. The third-order valence-corrected chi connectivity index (χ3v) is 4.60. The maximum Gasteiger partial charge on any atom is 0.253 e. The van der Waals surface area contributed by atoms with Crippen LogP contribution in [0.25, 0.3) is 0 Å². The number of anilines is 2. The number of amides is 1. The van der Waals surface area contributed by atoms with Crippen LogP contribution >= 0.6 is 0 Å². The van der Waals surface area contributed by atoms with E-state index in [0.717, 1.165) is 18.7 Å². The fourth-order valence-electron chi connectivity index (χ4n) is 3.02. The second kappa shape index (κ2) is 7.65. The molecule has 2 heterocycles. The van der Waals surface area contributed by atoms with Gasteiger partial charge in [0.25, 0.3) is 5.91 Å². The Kier molecular flexibility index (Phi) is 5.32. The molecule has 1 fully saturated rings. The minimum Gasteiger partial charge on any atom is -0.368 e. The summed E-state index contributed by atoms with van der Waals surface area (Å²) in [6, 6.07) is 9.41. The van der Waals surface area contributed by atoms with Crippen molar-refractivity contribution in [2.24, 2.45) is 0 Å². The molecule has 2 aromatic rings. The van der Waals surface area contributed by atoms with Gasteiger partial charge in [0.2, 0.25) is 11.9 Å². The average molecular weight is 355 g/mol. The van der Waals surface area contributed by atoms with E-state index in [1.807, 2.05) is 54.2 Å². The summed E-state index contributed by atoms with van der Waals surface area (Å²) in [6.45, 7) is 4.95. The van der Waals surface area contributed by atoms with E-state index in [1.54, 1.807) is 0 Å². The summed E-state index contributed by atoms with van der Waals surface area (Å²) in [7, 11) is 3.74. The highest BCUT2D eigenvalue weighted by molar-refractivity contribution is 5.94. The van der Waals surface area contributed by atoms with Crippen LogP contribution in [0, 0.1) is 0 Å². The highest BCUT2D eigenvalue weighted by Crippen LogP contribution is 2.21. The van der Waals surface area contributed by atoms with Gasteiger partial charge in [0.05, 0.1) is 6.04 Å². The smallest absolute Gasteiger partial charge is 0.253 e. The molecule has 0 spiro atoms. The van der Waals surface area contributed by atoms with Crippen LogP contribution in [0.2, 0.25) is 0 Å². The van der Waals surface area contributed by atoms with Crippen LogP contribution in [0.4, 0.5) is 11.9 Å². The van der Waals surface area contributed by atoms with Crippen molar-refractivity contribution in [3.05, 3.63) is 41.7 Å². The van der Waals surface area contributed by atoms with E-state index in [-0.39, 0.29) is 17.9 Å². The van der Waals surface area contributed by atoms with Crippen molar-refractivity contribution >= 4 is 17.8 Å². The molecule has 0 radical (unpaired) electrons. The number of nitrogens with zero attached hydrogens (tertiary/aromatic N) is 6. The SMILES string of the molecule is CC(c1nc(N)nc(N(C)C)n1)N1CCN(C(=O)c2ccccc2)CC1. The molecule has 3 rings (SSSR count). The van der Waals surface area contributed by atoms with E-state index in [0.29, 0.717) is 24.9 Å². The first-order valence-corrected chi connectivity index (χ1v) is 8.73. The minimum atomic E-state index is 0.00739. The van der Waals surface area contributed by atoms with Crippen LogP contribution in [0.5, 0.6) is 0 Å². The highest BCUT2D eigenvalue weighted by atomic mass is 16.2. The van der Waals surface area contributed by atoms with Crippen molar-refractivity contribution in [2.75, 3.05) is 50.9 Å². The van der Waals surface area contributed by atoms with Gasteiger partial charge in [-0.15, -0.1) is 0 Å². The molecule has 1 amide bonds. The zero-order valence-corrected chi connectivity index (χ0v) is 15.5. The Morgan fingerprint density at radius 2 is 1.73 bits per heavy atom. The molecule has 1 aliphatic heterocycles. The molecule has 1 aromatic heterocycles. The molecule has 1 saturated heterocycles. The van der Waals surface area contributed by atoms with Gasteiger partial charge in [-0.05, 0) is 19.1 Å². The number of benzene rings is 1. The lowest BCUT2D eigenvalue weighted by Crippen LogP contribution is -2.49. The number of nitrogens with two attached hydrogens (primary N) is 1. The summed E-state index contributed by atoms with van der Waals surface area (Å²) in [6.07, 6.45) is 0. The van der Waals surface area contributed by atoms with Crippen LogP contribution in [0.1, 0.15) is 29.1 Å². The number of nitrogen functional groups attached to an aromatic ring is 1. The number of aromatic nitrogens is 3. The molecule has 0 saturated carbocycles. The van der Waals surface area contributed by atoms with Crippen LogP contribution in [-0.2, 0) is 0 Å². The van der Waals surface area contributed by atoms with Gasteiger partial charge in [-0.3, -0.25) is 9.69 Å². The molecule has 2 N–H and O–H groups in total. The standard InChI is InChI=1S/C18H25N7O/c1-13(15-20-17(19)22-18(21-15)23(2)3)24-9-11-25(12-10-24)16(26)14-7-5-4-6-8-14/h4-8,13H,9-12H2,1-3H3,(H2,19,20,21,22). The number of carbonyl (C=O) groups is 1. The lowest BCUT2D eigenvalue weighted by molar-refractivity contribution is 0.0575. The van der Waals surface area contributed by atoms with Crippen molar-refractivity contribution in [2.45, 2.75) is 13.0 Å². The molecule has 0 aliphatic carbocycles. The lowest BCUT2D eigenvalue weighted by atomic mass is 10.1. The summed E-state index contributed by atoms with van der Waals surface area (Å²) in [5.41, 5.74) is 6.56. The van der Waals surface area contributed by atoms with Crippen LogP contribution < -0.4 is 10.6 Å². The Morgan fingerprint density at radius 3 is 2.35 bits per heavy atom. The van der Waals surface area contributed by atoms with Gasteiger partial charge in [-0.2, -0.15) is 15.0 Å². The Hall–Kier alpha value is -2.74. The maximum atomic E-state index is 12.6. The van der Waals surface area contributed by atoms with E-state index in [9.17, 15) is 4.79 Å². The van der Waals surface area contributed by atoms with Crippen molar-refractivity contribution in [1.29, 1.82) is 0 Å². The fraction of sp³-hybridized carbons (Fsp3) is 0.444. The number of piperazine rings is 1. The average Bonchev–Trinajstić information content (AvgIpc) is 2.67. The van der Waals surface area contributed by atoms with E-state index >= 15 is 0 Å². The van der Waals surface area contributed by atoms with E-state index in [4.69, 9.17) is 5.73 Å². The summed E-state index contributed by atoms with van der Waals surface area (Å²) in [5, 5.41) is 0. The topological polar surface area (TPSA) is 91.5 Å². The normalized spacial score (nSPS) is 16.3. The molecule has 1 aliphatic rings. The first-order valence-electron chi connectivity index (χ1n) is 8.73. The first kappa shape index (κ1) is 18.1. The monoisotopic (exact) mass is 355 g/mol. The van der Waals surface area contributed by atoms with Crippen molar-refractivity contribution < 1.29 is 4.79 Å². The molecule has 1 aromatic carbocycles. The van der Waals surface area contributed by atoms with Gasteiger partial charge in [0.1, 0.15) is 0 Å². The number of hydrogen-bond acceptors (Lipinski definition) is 7. The zero-order chi connectivity index (χ0) is 18.7. The van der Waals surface area contributed by atoms with Crippen LogP contribution in [0.3, 0.4) is 0 Å². The Bertz CT molecular complexity index is 757. The number of carbonyl (C=O) groups excluding carboxylic acids is 1. The lowest BCUT2D eigenvalue weighted by Gasteiger charge is -2.37. The molecule has 8 nitrogen and oxygen atoms in total. The molecule has 1 unspecified atom stereocenters. The predicted molar refractivity (Wildman–Crippen MR) is 101 cm³/mol. The second-order valence-electron chi connectivity index (χ2n) is 6.62. The largest absolute Gasteiger partial charge is 0.368 e. The zero-order valence-electron chi connectivity index (χ0n) is 15.5. The van der Waals surface area contributed by atoms with Gasteiger partial charge in [-0.25, -0.2) is 0 Å². The molecular formula is C18H25N7O. The molecule has 26 heavy (non-hydrogen) atoms. The third kappa shape index (κ3) is 3.91. The fourth-order valence-corrected chi connectivity index (χ4v) is 3.02. The van der Waals surface area contributed by atoms with E-state index < -0.39 is 0 Å². The molecule has 0 bridgehead atoms. The van der Waals surface area contributed by atoms with Gasteiger partial charge >= 0.3 is 0 Å². The summed E-state index contributed by atoms with van der Waals surface area (Å²) in [4.78, 5) is 31.5. The summed E-state index contributed by atoms with van der Waals surface area (Å²) >= 11 is 0. The number of rotatable bonds is 4. The van der Waals surface area contributed by atoms with Crippen molar-refractivity contribution in [1.82, 2.24) is 24.8 Å². The van der Waals surface area contributed by atoms with Crippen LogP contribution in [-0.4, -0.2) is 70.9 Å². The number of hydrogen-bond donors (Lipinski definition) is 1. The quantitative estimate of drug-likeness (QED) is 0.876. The van der Waals surface area contributed by atoms with Crippen molar-refractivity contribution in [3.8, 4) is 0 Å². The van der Waals surface area contributed by atoms with Gasteiger partial charge in [0, 0.05) is 45.8 Å². The molecule has 1 atom stereocenters. The Balaban J connectivity index is 1.65. The minimum absolute atomic E-state index is 0.00739. The summed E-state index contributed by atoms with van der Waals surface area (Å²) in [5.74, 6) is 1.52. The van der Waals surface area contributed by atoms with Crippen LogP contribution in [0.15, 0.2) is 30.3 Å². The highest BCUT2D eigenvalue weighted by Gasteiger charge is 2.27. The molecule has 138 valence electrons. The van der Waals surface area contributed by atoms with Gasteiger partial charge < -0.3 is 15.5 Å². The van der Waals surface area contributed by atoms with E-state index in [2.05, 4.69) is 26.8 Å². The molecule has 8 heteroatoms. The van der Waals surface area contributed by atoms with Gasteiger partial charge in [0.15, 0.2) is 5.82 Å². The van der Waals surface area contributed by atoms with Gasteiger partial charge in [-0.1, -0.05) is 18.2 Å². The maximum absolute atomic E-state index is 12.6. The Morgan fingerprint density at radius 1 is 1.08 bits per heavy atom. The Labute approximate surface area is 153 Å². The second-order valence-corrected chi connectivity index (χ2v) is 6.62. The summed E-state index contributed by atoms with van der Waals surface area (Å²) < 4.78 is 0. The molecular weight excluding hydrogens is 330 g/mol. The van der Waals surface area contributed by atoms with Crippen molar-refractivity contribution in [3.63, 3.8) is 0 Å². The third-order valence-electron chi connectivity index (χ3n) is 4.60. The van der Waals surface area contributed by atoms with E-state index in [1.165, 1.54) is 0 Å². The first-order chi connectivity index (χ1) is 12.5.